The van der Waals surface area contributed by atoms with Crippen molar-refractivity contribution in [2.24, 2.45) is 7.05 Å². The van der Waals surface area contributed by atoms with Crippen LogP contribution in [0.3, 0.4) is 0 Å². The highest BCUT2D eigenvalue weighted by Gasteiger charge is 2.33. The summed E-state index contributed by atoms with van der Waals surface area (Å²) < 4.78 is 43.7. The van der Waals surface area contributed by atoms with E-state index in [9.17, 15) is 32.3 Å². The molecule has 0 aliphatic rings. The summed E-state index contributed by atoms with van der Waals surface area (Å²) in [5.41, 5.74) is -2.14. The number of carboxylic acids is 1. The van der Waals surface area contributed by atoms with E-state index >= 15 is 0 Å². The molecule has 4 aromatic rings. The van der Waals surface area contributed by atoms with Gasteiger partial charge in [-0.25, -0.2) is 9.78 Å². The largest absolute Gasteiger partial charge is 0.480 e. The van der Waals surface area contributed by atoms with Crippen molar-refractivity contribution in [3.63, 3.8) is 0 Å². The zero-order valence-electron chi connectivity index (χ0n) is 20.4. The number of aryl methyl sites for hydroxylation is 1. The van der Waals surface area contributed by atoms with Gasteiger partial charge in [0, 0.05) is 13.2 Å². The fourth-order valence-electron chi connectivity index (χ4n) is 4.02. The van der Waals surface area contributed by atoms with E-state index in [1.807, 2.05) is 0 Å². The van der Waals surface area contributed by atoms with Gasteiger partial charge in [-0.3, -0.25) is 23.5 Å². The van der Waals surface area contributed by atoms with Gasteiger partial charge >= 0.3 is 17.8 Å². The first-order valence-corrected chi connectivity index (χ1v) is 11.3. The SMILES string of the molecule is Cc1c(Cn2c(=O)c(C(=O)NC(C)C(=O)O)cn(-c3ccc4c(c3)ncn4C)c2=O)cccc1C(F)(F)F. The van der Waals surface area contributed by atoms with Crippen molar-refractivity contribution >= 4 is 22.9 Å². The maximum absolute atomic E-state index is 13.5. The second-order valence-corrected chi connectivity index (χ2v) is 8.74. The van der Waals surface area contributed by atoms with Gasteiger partial charge in [0.25, 0.3) is 11.5 Å². The third kappa shape index (κ3) is 4.82. The number of fused-ring (bicyclic) bond motifs is 1. The lowest BCUT2D eigenvalue weighted by Gasteiger charge is -2.17. The van der Waals surface area contributed by atoms with Gasteiger partial charge < -0.3 is 15.0 Å². The lowest BCUT2D eigenvalue weighted by atomic mass is 10.0. The van der Waals surface area contributed by atoms with E-state index in [-0.39, 0.29) is 16.8 Å². The Bertz CT molecular complexity index is 1700. The number of nitrogens with one attached hydrogen (secondary N) is 1. The molecule has 2 heterocycles. The minimum atomic E-state index is -4.65. The van der Waals surface area contributed by atoms with Crippen molar-refractivity contribution in [2.45, 2.75) is 32.6 Å². The Morgan fingerprint density at radius 3 is 2.53 bits per heavy atom. The van der Waals surface area contributed by atoms with Crippen LogP contribution in [-0.4, -0.2) is 41.7 Å². The number of hydrogen-bond donors (Lipinski definition) is 2. The number of aromatic nitrogens is 4. The molecule has 2 aromatic heterocycles. The smallest absolute Gasteiger partial charge is 0.416 e. The molecular weight excluding hydrogens is 507 g/mol. The van der Waals surface area contributed by atoms with Crippen molar-refractivity contribution < 1.29 is 27.9 Å². The second kappa shape index (κ2) is 9.65. The van der Waals surface area contributed by atoms with Crippen LogP contribution in [0.4, 0.5) is 13.2 Å². The van der Waals surface area contributed by atoms with Crippen LogP contribution in [0.25, 0.3) is 16.7 Å². The van der Waals surface area contributed by atoms with Crippen molar-refractivity contribution in [3.8, 4) is 5.69 Å². The molecule has 2 N–H and O–H groups in total. The molecule has 38 heavy (non-hydrogen) atoms. The summed E-state index contributed by atoms with van der Waals surface area (Å²) >= 11 is 0. The molecule has 1 unspecified atom stereocenters. The number of amides is 1. The molecular formula is C25H22F3N5O5. The maximum atomic E-state index is 13.5. The van der Waals surface area contributed by atoms with Gasteiger partial charge in [-0.15, -0.1) is 0 Å². The highest BCUT2D eigenvalue weighted by molar-refractivity contribution is 5.96. The monoisotopic (exact) mass is 529 g/mol. The van der Waals surface area contributed by atoms with Gasteiger partial charge in [0.1, 0.15) is 11.6 Å². The Hall–Kier alpha value is -4.68. The maximum Gasteiger partial charge on any atom is 0.416 e. The predicted octanol–water partition coefficient (Wildman–Crippen LogP) is 2.46. The molecule has 1 amide bonds. The van der Waals surface area contributed by atoms with Crippen LogP contribution >= 0.6 is 0 Å². The number of rotatable bonds is 6. The summed E-state index contributed by atoms with van der Waals surface area (Å²) in [6, 6.07) is 6.81. The van der Waals surface area contributed by atoms with Crippen LogP contribution in [0.1, 0.15) is 34.0 Å². The molecule has 13 heteroatoms. The fraction of sp³-hybridized carbons (Fsp3) is 0.240. The molecule has 0 aliphatic carbocycles. The number of alkyl halides is 3. The number of carbonyl (C=O) groups excluding carboxylic acids is 1. The Morgan fingerprint density at radius 1 is 1.16 bits per heavy atom. The van der Waals surface area contributed by atoms with E-state index in [1.54, 1.807) is 36.1 Å². The van der Waals surface area contributed by atoms with Gasteiger partial charge in [0.2, 0.25) is 0 Å². The molecule has 4 rings (SSSR count). The summed E-state index contributed by atoms with van der Waals surface area (Å²) in [6.07, 6.45) is -2.12. The van der Waals surface area contributed by atoms with Crippen molar-refractivity contribution in [1.82, 2.24) is 24.0 Å². The Kier molecular flexibility index (Phi) is 6.70. The van der Waals surface area contributed by atoms with Crippen molar-refractivity contribution in [3.05, 3.63) is 92.0 Å². The summed E-state index contributed by atoms with van der Waals surface area (Å²) in [7, 11) is 1.77. The number of imidazole rings is 1. The van der Waals surface area contributed by atoms with Gasteiger partial charge in [-0.05, 0) is 49.2 Å². The number of nitrogens with zero attached hydrogens (tertiary/aromatic N) is 4. The van der Waals surface area contributed by atoms with Crippen molar-refractivity contribution in [2.75, 3.05) is 0 Å². The Balaban J connectivity index is 1.92. The molecule has 0 fully saturated rings. The van der Waals surface area contributed by atoms with Crippen LogP contribution in [0.5, 0.6) is 0 Å². The molecule has 1 atom stereocenters. The Labute approximate surface area is 212 Å². The van der Waals surface area contributed by atoms with Crippen LogP contribution in [-0.2, 0) is 24.6 Å². The summed E-state index contributed by atoms with van der Waals surface area (Å²) in [5.74, 6) is -2.42. The van der Waals surface area contributed by atoms with Gasteiger partial charge in [-0.2, -0.15) is 13.2 Å². The van der Waals surface area contributed by atoms with Crippen LogP contribution < -0.4 is 16.6 Å². The van der Waals surface area contributed by atoms with E-state index in [4.69, 9.17) is 5.11 Å². The molecule has 10 nitrogen and oxygen atoms in total. The lowest BCUT2D eigenvalue weighted by Crippen LogP contribution is -2.46. The Morgan fingerprint density at radius 2 is 1.87 bits per heavy atom. The number of benzene rings is 2. The van der Waals surface area contributed by atoms with E-state index in [1.165, 1.54) is 19.9 Å². The van der Waals surface area contributed by atoms with Crippen LogP contribution in [0.2, 0.25) is 0 Å². The highest BCUT2D eigenvalue weighted by atomic mass is 19.4. The second-order valence-electron chi connectivity index (χ2n) is 8.74. The third-order valence-electron chi connectivity index (χ3n) is 6.20. The van der Waals surface area contributed by atoms with E-state index < -0.39 is 53.0 Å². The first-order valence-electron chi connectivity index (χ1n) is 11.3. The van der Waals surface area contributed by atoms with E-state index in [2.05, 4.69) is 10.3 Å². The van der Waals surface area contributed by atoms with Crippen molar-refractivity contribution in [1.29, 1.82) is 0 Å². The number of hydrogen-bond acceptors (Lipinski definition) is 5. The normalized spacial score (nSPS) is 12.5. The van der Waals surface area contributed by atoms with Crippen LogP contribution in [0, 0.1) is 6.92 Å². The topological polar surface area (TPSA) is 128 Å². The molecule has 198 valence electrons. The zero-order chi connectivity index (χ0) is 27.9. The van der Waals surface area contributed by atoms with E-state index in [0.717, 1.165) is 28.4 Å². The minimum absolute atomic E-state index is 0.0437. The first-order chi connectivity index (χ1) is 17.8. The quantitative estimate of drug-likeness (QED) is 0.395. The number of carbonyl (C=O) groups is 2. The summed E-state index contributed by atoms with van der Waals surface area (Å²) in [4.78, 5) is 55.1. The molecule has 0 saturated heterocycles. The third-order valence-corrected chi connectivity index (χ3v) is 6.20. The average molecular weight is 529 g/mol. The molecule has 0 saturated carbocycles. The summed E-state index contributed by atoms with van der Waals surface area (Å²) in [6.45, 7) is 1.85. The molecule has 0 bridgehead atoms. The van der Waals surface area contributed by atoms with E-state index in [0.29, 0.717) is 10.1 Å². The number of aliphatic carboxylic acids is 1. The average Bonchev–Trinajstić information content (AvgIpc) is 3.21. The minimum Gasteiger partial charge on any atom is -0.480 e. The van der Waals surface area contributed by atoms with Gasteiger partial charge in [0.05, 0.1) is 35.2 Å². The molecule has 0 spiro atoms. The number of carboxylic acid groups (broad SMARTS) is 1. The zero-order valence-corrected chi connectivity index (χ0v) is 20.4. The molecule has 0 aliphatic heterocycles. The summed E-state index contributed by atoms with van der Waals surface area (Å²) in [5, 5.41) is 11.3. The highest BCUT2D eigenvalue weighted by Crippen LogP contribution is 2.33. The first kappa shape index (κ1) is 26.4. The van der Waals surface area contributed by atoms with Gasteiger partial charge in [-0.1, -0.05) is 12.1 Å². The number of halogens is 3. The lowest BCUT2D eigenvalue weighted by molar-refractivity contribution is -0.139. The fourth-order valence-corrected chi connectivity index (χ4v) is 4.02. The predicted molar refractivity (Wildman–Crippen MR) is 130 cm³/mol. The van der Waals surface area contributed by atoms with Gasteiger partial charge in [0.15, 0.2) is 0 Å². The standard InChI is InChI=1S/C25H22F3N5O5/c1-13-15(5-4-6-18(13)25(26,27)28)10-33-22(35)17(21(34)30-14(2)23(36)37)11-32(24(33)38)16-7-8-20-19(9-16)29-12-31(20)3/h4-9,11-12,14H,10H2,1-3H3,(H,30,34)(H,36,37). The molecule has 0 radical (unpaired) electrons. The molecule has 2 aromatic carbocycles. The van der Waals surface area contributed by atoms with Crippen LogP contribution in [0.15, 0.2) is 58.5 Å².